The number of pyridine rings is 2. The summed E-state index contributed by atoms with van der Waals surface area (Å²) in [5.74, 6) is 0. The van der Waals surface area contributed by atoms with Crippen LogP contribution in [-0.2, 0) is 26.2 Å². The van der Waals surface area contributed by atoms with Gasteiger partial charge < -0.3 is 21.0 Å². The van der Waals surface area contributed by atoms with Crippen LogP contribution in [0.1, 0.15) is 25.0 Å². The fourth-order valence-corrected chi connectivity index (χ4v) is 1.24. The molecule has 0 aromatic carbocycles. The number of rotatable bonds is 2. The molecule has 128 valence electrons. The molecular formula is C14H18Cl2CrN4O2-2. The fourth-order valence-electron chi connectivity index (χ4n) is 1.24. The standard InChI is InChI=1S/2C7H9N.2ClH.Cr.2NO/c2*1-2-7-3-5-8-6-4-7;;;;2*1-2/h2*3-6H,2H2,1H3;2*1H;;;/q;;;;+2;2*-1/p-2. The maximum Gasteiger partial charge on any atom is -0.423 e. The molecule has 0 aliphatic heterocycles. The summed E-state index contributed by atoms with van der Waals surface area (Å²) in [6.07, 6.45) is 9.47. The molecule has 0 aliphatic carbocycles. The second-order valence-electron chi connectivity index (χ2n) is 3.48. The average molecular weight is 397 g/mol. The maximum absolute atomic E-state index is 7.25. The molecule has 0 saturated carbocycles. The van der Waals surface area contributed by atoms with E-state index in [4.69, 9.17) is 41.1 Å². The van der Waals surface area contributed by atoms with E-state index in [0.29, 0.717) is 0 Å². The summed E-state index contributed by atoms with van der Waals surface area (Å²) < 4.78 is 0. The Balaban J connectivity index is -0.000000252. The van der Waals surface area contributed by atoms with Crippen molar-refractivity contribution in [1.29, 1.82) is 0 Å². The van der Waals surface area contributed by atoms with E-state index in [9.17, 15) is 0 Å². The molecule has 0 amide bonds. The number of aromatic nitrogens is 2. The molecule has 6 nitrogen and oxygen atoms in total. The second-order valence-corrected chi connectivity index (χ2v) is 5.58. The van der Waals surface area contributed by atoms with Gasteiger partial charge in [-0.15, -0.1) is 0 Å². The number of halogens is 2. The van der Waals surface area contributed by atoms with Crippen molar-refractivity contribution in [3.8, 4) is 0 Å². The van der Waals surface area contributed by atoms with Crippen molar-refractivity contribution in [2.24, 2.45) is 0 Å². The monoisotopic (exact) mass is 396 g/mol. The third kappa shape index (κ3) is 20.6. The van der Waals surface area contributed by atoms with Crippen LogP contribution in [0.4, 0.5) is 0 Å². The largest absolute Gasteiger partial charge is 0.577 e. The minimum Gasteiger partial charge on any atom is -0.577 e. The van der Waals surface area contributed by atoms with E-state index in [1.807, 2.05) is 49.1 Å². The molecule has 9 heteroatoms. The van der Waals surface area contributed by atoms with Crippen molar-refractivity contribution < 1.29 is 13.4 Å². The van der Waals surface area contributed by atoms with Crippen LogP contribution in [-0.4, -0.2) is 9.97 Å². The van der Waals surface area contributed by atoms with Crippen LogP contribution in [0.2, 0.25) is 0 Å². The maximum atomic E-state index is 7.25. The predicted octanol–water partition coefficient (Wildman–Crippen LogP) is 5.31. The zero-order valence-corrected chi connectivity index (χ0v) is 15.6. The normalized spacial score (nSPS) is 7.48. The van der Waals surface area contributed by atoms with E-state index in [0.717, 1.165) is 12.8 Å². The third-order valence-electron chi connectivity index (χ3n) is 2.32. The van der Waals surface area contributed by atoms with Gasteiger partial charge in [0, 0.05) is 24.8 Å². The summed E-state index contributed by atoms with van der Waals surface area (Å²) in [6, 6.07) is 8.11. The molecule has 0 saturated heterocycles. The first-order valence-electron chi connectivity index (χ1n) is 6.32. The van der Waals surface area contributed by atoms with E-state index in [2.05, 4.69) is 23.8 Å². The molecule has 0 radical (unpaired) electrons. The summed E-state index contributed by atoms with van der Waals surface area (Å²) in [7, 11) is 9.65. The first-order valence-corrected chi connectivity index (χ1v) is 9.82. The number of nitroso groups, excluding NO2 is 2. The smallest absolute Gasteiger partial charge is 0.423 e. The summed E-state index contributed by atoms with van der Waals surface area (Å²) in [5.41, 5.74) is 14.2. The van der Waals surface area contributed by atoms with Gasteiger partial charge in [0.05, 0.1) is 0 Å². The van der Waals surface area contributed by atoms with Crippen LogP contribution in [0.3, 0.4) is 0 Å². The number of hydrogen-bond acceptors (Lipinski definition) is 4. The molecule has 2 heterocycles. The Morgan fingerprint density at radius 1 is 0.783 bits per heavy atom. The molecule has 2 rings (SSSR count). The van der Waals surface area contributed by atoms with Crippen LogP contribution in [0.15, 0.2) is 49.1 Å². The Kier molecular flexibility index (Phi) is 29.5. The molecule has 0 fully saturated rings. The Bertz CT molecular complexity index is 400. The molecule has 0 atom stereocenters. The van der Waals surface area contributed by atoms with Crippen LogP contribution in [0.25, 0.3) is 11.2 Å². The first kappa shape index (κ1) is 26.5. The second kappa shape index (κ2) is 25.6. The Hall–Kier alpha value is -1.39. The topological polar surface area (TPSA) is 105 Å². The molecule has 0 aliphatic rings. The Labute approximate surface area is 151 Å². The molecule has 2 aromatic rings. The Morgan fingerprint density at radius 3 is 1.13 bits per heavy atom. The van der Waals surface area contributed by atoms with Crippen molar-refractivity contribution >= 4 is 20.1 Å². The van der Waals surface area contributed by atoms with Gasteiger partial charge in [-0.2, -0.15) is 0 Å². The summed E-state index contributed by atoms with van der Waals surface area (Å²) in [6.45, 7) is 4.27. The van der Waals surface area contributed by atoms with Gasteiger partial charge in [-0.05, 0) is 48.2 Å². The van der Waals surface area contributed by atoms with Gasteiger partial charge in [0.25, 0.3) is 0 Å². The van der Waals surface area contributed by atoms with Gasteiger partial charge in [0.2, 0.25) is 0 Å². The van der Waals surface area contributed by atoms with Gasteiger partial charge in [-0.1, -0.05) is 13.8 Å². The molecule has 0 unspecified atom stereocenters. The minimum atomic E-state index is -0.181. The van der Waals surface area contributed by atoms with Crippen molar-refractivity contribution in [2.75, 3.05) is 0 Å². The molecule has 0 bridgehead atoms. The number of hydrogen-bond donors (Lipinski definition) is 0. The zero-order chi connectivity index (χ0) is 18.3. The third-order valence-corrected chi connectivity index (χ3v) is 2.32. The summed E-state index contributed by atoms with van der Waals surface area (Å²) >= 11 is -0.181. The quantitative estimate of drug-likeness (QED) is 0.685. The number of aryl methyl sites for hydroxylation is 2. The van der Waals surface area contributed by atoms with Crippen LogP contribution in [0.5, 0.6) is 0 Å². The Morgan fingerprint density at radius 2 is 1.00 bits per heavy atom. The molecule has 0 spiro atoms. The van der Waals surface area contributed by atoms with E-state index in [-0.39, 0.29) is 13.4 Å². The van der Waals surface area contributed by atoms with Crippen molar-refractivity contribution in [2.45, 2.75) is 26.7 Å². The summed E-state index contributed by atoms with van der Waals surface area (Å²) in [4.78, 5) is 22.3. The van der Waals surface area contributed by atoms with Gasteiger partial charge >= 0.3 is 33.5 Å². The van der Waals surface area contributed by atoms with E-state index in [1.165, 1.54) is 11.1 Å². The average Bonchev–Trinajstić information content (AvgIpc) is 2.67. The SMILES string of the molecule is CCc1ccncc1.CCc1ccncc1.[Cl][Cr][Cl].[N-]=O.[N-]=O. The van der Waals surface area contributed by atoms with Gasteiger partial charge in [0.15, 0.2) is 0 Å². The van der Waals surface area contributed by atoms with Gasteiger partial charge in [-0.3, -0.25) is 9.97 Å². The molecule has 2 aromatic heterocycles. The fraction of sp³-hybridized carbons (Fsp3) is 0.286. The minimum absolute atomic E-state index is 0.181. The van der Waals surface area contributed by atoms with Crippen molar-refractivity contribution in [3.63, 3.8) is 0 Å². The van der Waals surface area contributed by atoms with Crippen LogP contribution >= 0.6 is 20.1 Å². The van der Waals surface area contributed by atoms with E-state index >= 15 is 0 Å². The van der Waals surface area contributed by atoms with E-state index in [1.54, 1.807) is 0 Å². The van der Waals surface area contributed by atoms with Gasteiger partial charge in [0.1, 0.15) is 0 Å². The number of nitrogens with zero attached hydrogens (tertiary/aromatic N) is 4. The zero-order valence-electron chi connectivity index (χ0n) is 12.8. The molecule has 23 heavy (non-hydrogen) atoms. The molecular weight excluding hydrogens is 379 g/mol. The van der Waals surface area contributed by atoms with Crippen LogP contribution in [0, 0.1) is 9.81 Å². The van der Waals surface area contributed by atoms with E-state index < -0.39 is 0 Å². The summed E-state index contributed by atoms with van der Waals surface area (Å²) in [5, 5.41) is 0. The first-order chi connectivity index (χ1) is 11.3. The van der Waals surface area contributed by atoms with Crippen molar-refractivity contribution in [1.82, 2.24) is 9.97 Å². The molecule has 0 N–H and O–H groups in total. The predicted molar refractivity (Wildman–Crippen MR) is 92.4 cm³/mol. The van der Waals surface area contributed by atoms with Gasteiger partial charge in [-0.25, -0.2) is 0 Å². The van der Waals surface area contributed by atoms with Crippen molar-refractivity contribution in [3.05, 3.63) is 81.2 Å². The van der Waals surface area contributed by atoms with Crippen LogP contribution < -0.4 is 0 Å².